The molecule has 0 saturated carbocycles. The van der Waals surface area contributed by atoms with E-state index in [0.717, 1.165) is 0 Å². The number of aliphatic hydroxyl groups excluding tert-OH is 1. The first-order valence-corrected chi connectivity index (χ1v) is 4.93. The fourth-order valence-electron chi connectivity index (χ4n) is 1.31. The van der Waals surface area contributed by atoms with E-state index in [-0.39, 0.29) is 13.2 Å². The molecule has 0 aromatic heterocycles. The van der Waals surface area contributed by atoms with Crippen molar-refractivity contribution in [3.8, 4) is 0 Å². The summed E-state index contributed by atoms with van der Waals surface area (Å²) >= 11 is 0. The van der Waals surface area contributed by atoms with E-state index in [0.29, 0.717) is 5.56 Å². The number of benzene rings is 1. The molecule has 0 heterocycles. The average molecular weight is 252 g/mol. The smallest absolute Gasteiger partial charge is 0.396 e. The molecule has 1 atom stereocenters. The van der Waals surface area contributed by atoms with E-state index in [4.69, 9.17) is 5.11 Å². The quantitative estimate of drug-likeness (QED) is 0.816. The highest BCUT2D eigenvalue weighted by atomic mass is 19.4. The first-order valence-electron chi connectivity index (χ1n) is 4.93. The van der Waals surface area contributed by atoms with Crippen molar-refractivity contribution in [1.82, 2.24) is 0 Å². The van der Waals surface area contributed by atoms with E-state index in [1.165, 1.54) is 24.3 Å². The van der Waals surface area contributed by atoms with Crippen molar-refractivity contribution in [3.63, 3.8) is 0 Å². The van der Waals surface area contributed by atoms with E-state index in [1.807, 2.05) is 0 Å². The molecule has 96 valence electrons. The normalized spacial score (nSPS) is 13.7. The number of rotatable bonds is 5. The van der Waals surface area contributed by atoms with Crippen LogP contribution in [-0.2, 0) is 4.74 Å². The van der Waals surface area contributed by atoms with Gasteiger partial charge in [-0.25, -0.2) is 4.39 Å². The zero-order chi connectivity index (χ0) is 12.9. The predicted molar refractivity (Wildman–Crippen MR) is 53.1 cm³/mol. The van der Waals surface area contributed by atoms with E-state index in [1.54, 1.807) is 0 Å². The lowest BCUT2D eigenvalue weighted by Gasteiger charge is -2.15. The second kappa shape index (κ2) is 5.97. The van der Waals surface area contributed by atoms with Gasteiger partial charge in [0.15, 0.2) is 0 Å². The van der Waals surface area contributed by atoms with Crippen molar-refractivity contribution in [1.29, 1.82) is 0 Å². The Labute approximate surface area is 95.8 Å². The molecule has 1 unspecified atom stereocenters. The van der Waals surface area contributed by atoms with Crippen LogP contribution in [0, 0.1) is 5.82 Å². The summed E-state index contributed by atoms with van der Waals surface area (Å²) in [5.41, 5.74) is 0.538. The summed E-state index contributed by atoms with van der Waals surface area (Å²) in [5.74, 6) is -1.03. The number of aliphatic hydroxyl groups is 1. The number of hydrogen-bond donors (Lipinski definition) is 1. The van der Waals surface area contributed by atoms with E-state index in [9.17, 15) is 17.6 Å². The van der Waals surface area contributed by atoms with Crippen LogP contribution in [0.5, 0.6) is 0 Å². The molecule has 1 rings (SSSR count). The van der Waals surface area contributed by atoms with Gasteiger partial charge in [0.1, 0.15) is 12.4 Å². The molecule has 0 bridgehead atoms. The summed E-state index contributed by atoms with van der Waals surface area (Å²) in [5, 5.41) is 9.02. The van der Waals surface area contributed by atoms with Crippen LogP contribution in [0.25, 0.3) is 0 Å². The van der Waals surface area contributed by atoms with Gasteiger partial charge in [0, 0.05) is 5.92 Å². The van der Waals surface area contributed by atoms with Gasteiger partial charge in [-0.2, -0.15) is 13.2 Å². The third-order valence-electron chi connectivity index (χ3n) is 2.15. The van der Waals surface area contributed by atoms with Gasteiger partial charge in [-0.3, -0.25) is 0 Å². The molecule has 0 aliphatic rings. The van der Waals surface area contributed by atoms with E-state index >= 15 is 0 Å². The molecule has 17 heavy (non-hydrogen) atoms. The Kier molecular flexibility index (Phi) is 4.89. The first kappa shape index (κ1) is 13.9. The van der Waals surface area contributed by atoms with Crippen LogP contribution < -0.4 is 0 Å². The van der Waals surface area contributed by atoms with Gasteiger partial charge in [-0.15, -0.1) is 0 Å². The number of halogens is 4. The molecular weight excluding hydrogens is 240 g/mol. The number of alkyl halides is 3. The third kappa shape index (κ3) is 5.14. The topological polar surface area (TPSA) is 29.5 Å². The van der Waals surface area contributed by atoms with Crippen molar-refractivity contribution in [3.05, 3.63) is 35.6 Å². The van der Waals surface area contributed by atoms with Crippen molar-refractivity contribution >= 4 is 0 Å². The van der Waals surface area contributed by atoms with Gasteiger partial charge in [-0.05, 0) is 17.7 Å². The van der Waals surface area contributed by atoms with E-state index < -0.39 is 24.5 Å². The minimum atomic E-state index is -4.39. The van der Waals surface area contributed by atoms with Gasteiger partial charge in [0.2, 0.25) is 0 Å². The maximum absolute atomic E-state index is 12.6. The molecule has 1 aromatic rings. The highest BCUT2D eigenvalue weighted by Gasteiger charge is 2.28. The number of hydrogen-bond acceptors (Lipinski definition) is 2. The van der Waals surface area contributed by atoms with Crippen LogP contribution in [0.2, 0.25) is 0 Å². The average Bonchev–Trinajstić information content (AvgIpc) is 2.24. The Morgan fingerprint density at radius 3 is 2.24 bits per heavy atom. The SMILES string of the molecule is OCC(COCC(F)(F)F)c1ccc(F)cc1. The van der Waals surface area contributed by atoms with Crippen molar-refractivity contribution in [2.45, 2.75) is 12.1 Å². The van der Waals surface area contributed by atoms with Crippen LogP contribution in [0.15, 0.2) is 24.3 Å². The lowest BCUT2D eigenvalue weighted by molar-refractivity contribution is -0.175. The minimum Gasteiger partial charge on any atom is -0.396 e. The van der Waals surface area contributed by atoms with Gasteiger partial charge >= 0.3 is 6.18 Å². The van der Waals surface area contributed by atoms with Crippen LogP contribution in [0.3, 0.4) is 0 Å². The minimum absolute atomic E-state index is 0.262. The second-order valence-electron chi connectivity index (χ2n) is 3.56. The highest BCUT2D eigenvalue weighted by Crippen LogP contribution is 2.19. The van der Waals surface area contributed by atoms with Crippen LogP contribution in [0.1, 0.15) is 11.5 Å². The summed E-state index contributed by atoms with van der Waals surface area (Å²) in [6.07, 6.45) is -4.39. The van der Waals surface area contributed by atoms with Crippen molar-refractivity contribution in [2.75, 3.05) is 19.8 Å². The summed E-state index contributed by atoms with van der Waals surface area (Å²) in [6.45, 7) is -1.98. The Balaban J connectivity index is 2.51. The van der Waals surface area contributed by atoms with Crippen LogP contribution in [0.4, 0.5) is 17.6 Å². The van der Waals surface area contributed by atoms with Gasteiger partial charge < -0.3 is 9.84 Å². The highest BCUT2D eigenvalue weighted by molar-refractivity contribution is 5.20. The zero-order valence-corrected chi connectivity index (χ0v) is 8.88. The Hall–Kier alpha value is -1.14. The first-order chi connectivity index (χ1) is 7.92. The molecule has 1 aromatic carbocycles. The molecule has 0 spiro atoms. The van der Waals surface area contributed by atoms with Gasteiger partial charge in [0.25, 0.3) is 0 Å². The summed E-state index contributed by atoms with van der Waals surface area (Å²) in [4.78, 5) is 0. The van der Waals surface area contributed by atoms with Crippen molar-refractivity contribution in [2.24, 2.45) is 0 Å². The summed E-state index contributed by atoms with van der Waals surface area (Å²) < 4.78 is 52.6. The second-order valence-corrected chi connectivity index (χ2v) is 3.56. The Morgan fingerprint density at radius 1 is 1.18 bits per heavy atom. The predicted octanol–water partition coefficient (Wildman–Crippen LogP) is 2.48. The monoisotopic (exact) mass is 252 g/mol. The number of ether oxygens (including phenoxy) is 1. The largest absolute Gasteiger partial charge is 0.411 e. The molecule has 0 amide bonds. The fraction of sp³-hybridized carbons (Fsp3) is 0.455. The zero-order valence-electron chi connectivity index (χ0n) is 8.88. The molecule has 0 saturated heterocycles. The molecular formula is C11H12F4O2. The van der Waals surface area contributed by atoms with Crippen LogP contribution >= 0.6 is 0 Å². The summed E-state index contributed by atoms with van der Waals surface area (Å²) in [7, 11) is 0. The lowest BCUT2D eigenvalue weighted by atomic mass is 10.0. The summed E-state index contributed by atoms with van der Waals surface area (Å²) in [6, 6.07) is 5.18. The van der Waals surface area contributed by atoms with Gasteiger partial charge in [-0.1, -0.05) is 12.1 Å². The van der Waals surface area contributed by atoms with E-state index in [2.05, 4.69) is 4.74 Å². The molecule has 0 aliphatic heterocycles. The molecule has 2 nitrogen and oxygen atoms in total. The molecule has 0 radical (unpaired) electrons. The Morgan fingerprint density at radius 2 is 1.76 bits per heavy atom. The molecule has 6 heteroatoms. The fourth-order valence-corrected chi connectivity index (χ4v) is 1.31. The van der Waals surface area contributed by atoms with Crippen molar-refractivity contribution < 1.29 is 27.4 Å². The lowest BCUT2D eigenvalue weighted by Crippen LogP contribution is -2.21. The molecule has 0 fully saturated rings. The van der Waals surface area contributed by atoms with Crippen LogP contribution in [-0.4, -0.2) is 31.1 Å². The maximum Gasteiger partial charge on any atom is 0.411 e. The molecule has 0 aliphatic carbocycles. The third-order valence-corrected chi connectivity index (χ3v) is 2.15. The maximum atomic E-state index is 12.6. The molecule has 1 N–H and O–H groups in total. The standard InChI is InChI=1S/C11H12F4O2/c12-10-3-1-8(2-4-10)9(5-16)6-17-7-11(13,14)15/h1-4,9,16H,5-7H2. The Bertz CT molecular complexity index is 334. The van der Waals surface area contributed by atoms with Gasteiger partial charge in [0.05, 0.1) is 13.2 Å².